The molecule has 0 spiro atoms. The van der Waals surface area contributed by atoms with Gasteiger partial charge in [-0.1, -0.05) is 45.0 Å². The molecule has 1 aliphatic rings. The molecule has 0 amide bonds. The topological polar surface area (TPSA) is 29.3 Å². The molecule has 1 aliphatic carbocycles. The Morgan fingerprint density at radius 3 is 2.42 bits per heavy atom. The van der Waals surface area contributed by atoms with E-state index in [9.17, 15) is 0 Å². The van der Waals surface area contributed by atoms with Crippen LogP contribution in [0.2, 0.25) is 0 Å². The molecule has 0 fully saturated rings. The number of rotatable bonds is 3. The zero-order valence-corrected chi connectivity index (χ0v) is 12.9. The molecule has 0 heterocycles. The van der Waals surface area contributed by atoms with Crippen molar-refractivity contribution >= 4 is 0 Å². The zero-order valence-electron chi connectivity index (χ0n) is 12.9. The van der Waals surface area contributed by atoms with E-state index >= 15 is 0 Å². The van der Waals surface area contributed by atoms with E-state index < -0.39 is 0 Å². The zero-order chi connectivity index (χ0) is 14.1. The van der Waals surface area contributed by atoms with Crippen molar-refractivity contribution in [3.8, 4) is 0 Å². The molecule has 1 unspecified atom stereocenters. The number of aryl methyl sites for hydroxylation is 1. The van der Waals surface area contributed by atoms with Crippen molar-refractivity contribution in [3.05, 3.63) is 35.4 Å². The second kappa shape index (κ2) is 5.26. The van der Waals surface area contributed by atoms with Crippen LogP contribution >= 0.6 is 0 Å². The van der Waals surface area contributed by atoms with Gasteiger partial charge in [-0.3, -0.25) is 4.90 Å². The molecule has 0 aromatic heterocycles. The predicted octanol–water partition coefficient (Wildman–Crippen LogP) is 2.85. The average Bonchev–Trinajstić information content (AvgIpc) is 2.36. The van der Waals surface area contributed by atoms with Crippen LogP contribution in [-0.2, 0) is 12.8 Å². The van der Waals surface area contributed by atoms with Crippen LogP contribution < -0.4 is 5.73 Å². The summed E-state index contributed by atoms with van der Waals surface area (Å²) in [6.07, 6.45) is 3.42. The first-order valence-corrected chi connectivity index (χ1v) is 7.34. The van der Waals surface area contributed by atoms with Gasteiger partial charge in [-0.05, 0) is 42.9 Å². The number of benzene rings is 1. The summed E-state index contributed by atoms with van der Waals surface area (Å²) in [7, 11) is 2.24. The highest BCUT2D eigenvalue weighted by Gasteiger charge is 2.37. The van der Waals surface area contributed by atoms with Gasteiger partial charge in [0.1, 0.15) is 0 Å². The van der Waals surface area contributed by atoms with E-state index in [4.69, 9.17) is 5.73 Å². The van der Waals surface area contributed by atoms with Crippen LogP contribution in [0.3, 0.4) is 0 Å². The molecule has 0 radical (unpaired) electrons. The molecular formula is C17H28N2. The minimum absolute atomic E-state index is 0.141. The first-order chi connectivity index (χ1) is 8.86. The van der Waals surface area contributed by atoms with Gasteiger partial charge in [-0.15, -0.1) is 0 Å². The van der Waals surface area contributed by atoms with Crippen LogP contribution in [0.25, 0.3) is 0 Å². The molecule has 1 aromatic rings. The molecule has 0 aliphatic heterocycles. The van der Waals surface area contributed by atoms with Crippen LogP contribution in [0.4, 0.5) is 0 Å². The number of nitrogens with zero attached hydrogens (tertiary/aromatic N) is 1. The summed E-state index contributed by atoms with van der Waals surface area (Å²) < 4.78 is 0. The Kier molecular flexibility index (Phi) is 4.03. The maximum absolute atomic E-state index is 6.17. The van der Waals surface area contributed by atoms with Gasteiger partial charge in [0.15, 0.2) is 0 Å². The third-order valence-corrected chi connectivity index (χ3v) is 4.40. The summed E-state index contributed by atoms with van der Waals surface area (Å²) in [5.41, 5.74) is 9.62. The molecule has 1 atom stereocenters. The van der Waals surface area contributed by atoms with E-state index in [1.807, 2.05) is 0 Å². The van der Waals surface area contributed by atoms with Crippen molar-refractivity contribution in [2.75, 3.05) is 20.1 Å². The molecule has 2 nitrogen and oxygen atoms in total. The van der Waals surface area contributed by atoms with E-state index in [1.54, 1.807) is 0 Å². The minimum Gasteiger partial charge on any atom is -0.329 e. The van der Waals surface area contributed by atoms with E-state index in [1.165, 1.54) is 17.5 Å². The fourth-order valence-electron chi connectivity index (χ4n) is 3.32. The van der Waals surface area contributed by atoms with Crippen LogP contribution in [0.15, 0.2) is 24.3 Å². The smallest absolute Gasteiger partial charge is 0.0372 e. The first-order valence-electron chi connectivity index (χ1n) is 7.34. The number of fused-ring (bicyclic) bond motifs is 1. The molecule has 2 heteroatoms. The van der Waals surface area contributed by atoms with Crippen LogP contribution in [-0.4, -0.2) is 30.6 Å². The molecule has 1 aromatic carbocycles. The molecular weight excluding hydrogens is 232 g/mol. The Bertz CT molecular complexity index is 433. The Hall–Kier alpha value is -0.860. The number of hydrogen-bond acceptors (Lipinski definition) is 2. The van der Waals surface area contributed by atoms with E-state index in [2.05, 4.69) is 57.0 Å². The molecule has 2 N–H and O–H groups in total. The lowest BCUT2D eigenvalue weighted by Gasteiger charge is -2.46. The van der Waals surface area contributed by atoms with Crippen molar-refractivity contribution in [2.24, 2.45) is 11.1 Å². The number of nitrogens with two attached hydrogens (primary N) is 1. The van der Waals surface area contributed by atoms with Gasteiger partial charge in [0.05, 0.1) is 0 Å². The lowest BCUT2D eigenvalue weighted by molar-refractivity contribution is 0.0734. The fourth-order valence-corrected chi connectivity index (χ4v) is 3.32. The summed E-state index contributed by atoms with van der Waals surface area (Å²) in [6.45, 7) is 8.72. The largest absolute Gasteiger partial charge is 0.329 e. The quantitative estimate of drug-likeness (QED) is 0.905. The lowest BCUT2D eigenvalue weighted by atomic mass is 9.76. The fraction of sp³-hybridized carbons (Fsp3) is 0.647. The Balaban J connectivity index is 2.21. The van der Waals surface area contributed by atoms with Gasteiger partial charge < -0.3 is 5.73 Å². The summed E-state index contributed by atoms with van der Waals surface area (Å²) in [5.74, 6) is 0. The van der Waals surface area contributed by atoms with Crippen molar-refractivity contribution in [2.45, 2.75) is 45.6 Å². The maximum atomic E-state index is 6.17. The van der Waals surface area contributed by atoms with Crippen molar-refractivity contribution < 1.29 is 0 Å². The Morgan fingerprint density at radius 1 is 1.21 bits per heavy atom. The normalized spacial score (nSPS) is 23.5. The summed E-state index contributed by atoms with van der Waals surface area (Å²) in [5, 5.41) is 0. The molecule has 106 valence electrons. The summed E-state index contributed by atoms with van der Waals surface area (Å²) in [4.78, 5) is 2.50. The molecule has 2 rings (SSSR count). The SMILES string of the molecule is CN(CC(C)(C)C)C1(CN)CCc2ccccc2C1. The molecule has 19 heavy (non-hydrogen) atoms. The highest BCUT2D eigenvalue weighted by Crippen LogP contribution is 2.33. The number of likely N-dealkylation sites (N-methyl/N-ethyl adjacent to an activating group) is 1. The van der Waals surface area contributed by atoms with E-state index in [0.29, 0.717) is 5.41 Å². The van der Waals surface area contributed by atoms with Gasteiger partial charge in [-0.25, -0.2) is 0 Å². The van der Waals surface area contributed by atoms with Crippen LogP contribution in [0.5, 0.6) is 0 Å². The Morgan fingerprint density at radius 2 is 1.84 bits per heavy atom. The standard InChI is InChI=1S/C17H28N2/c1-16(2,3)13-19(4)17(12-18)10-9-14-7-5-6-8-15(14)11-17/h5-8H,9-13,18H2,1-4H3. The maximum Gasteiger partial charge on any atom is 0.0372 e. The van der Waals surface area contributed by atoms with Gasteiger partial charge in [0, 0.05) is 18.6 Å². The predicted molar refractivity (Wildman–Crippen MR) is 82.3 cm³/mol. The molecule has 0 saturated carbocycles. The van der Waals surface area contributed by atoms with Crippen LogP contribution in [0, 0.1) is 5.41 Å². The van der Waals surface area contributed by atoms with Gasteiger partial charge in [0.2, 0.25) is 0 Å². The summed E-state index contributed by atoms with van der Waals surface area (Å²) in [6, 6.07) is 8.83. The van der Waals surface area contributed by atoms with E-state index in [0.717, 1.165) is 25.9 Å². The van der Waals surface area contributed by atoms with Gasteiger partial charge >= 0.3 is 0 Å². The van der Waals surface area contributed by atoms with Gasteiger partial charge in [-0.2, -0.15) is 0 Å². The molecule has 0 bridgehead atoms. The van der Waals surface area contributed by atoms with Crippen LogP contribution in [0.1, 0.15) is 38.3 Å². The average molecular weight is 260 g/mol. The van der Waals surface area contributed by atoms with Crippen molar-refractivity contribution in [1.82, 2.24) is 4.90 Å². The third kappa shape index (κ3) is 3.18. The van der Waals surface area contributed by atoms with E-state index in [-0.39, 0.29) is 5.54 Å². The third-order valence-electron chi connectivity index (χ3n) is 4.40. The highest BCUT2D eigenvalue weighted by atomic mass is 15.2. The number of hydrogen-bond donors (Lipinski definition) is 1. The lowest BCUT2D eigenvalue weighted by Crippen LogP contribution is -2.57. The minimum atomic E-state index is 0.141. The second-order valence-corrected chi connectivity index (χ2v) is 7.29. The Labute approximate surface area is 118 Å². The molecule has 0 saturated heterocycles. The summed E-state index contributed by atoms with van der Waals surface area (Å²) >= 11 is 0. The monoisotopic (exact) mass is 260 g/mol. The van der Waals surface area contributed by atoms with Crippen molar-refractivity contribution in [1.29, 1.82) is 0 Å². The first kappa shape index (κ1) is 14.5. The van der Waals surface area contributed by atoms with Crippen molar-refractivity contribution in [3.63, 3.8) is 0 Å². The highest BCUT2D eigenvalue weighted by molar-refractivity contribution is 5.32. The van der Waals surface area contributed by atoms with Gasteiger partial charge in [0.25, 0.3) is 0 Å². The second-order valence-electron chi connectivity index (χ2n) is 7.29.